The van der Waals surface area contributed by atoms with E-state index in [-0.39, 0.29) is 0 Å². The highest BCUT2D eigenvalue weighted by Gasteiger charge is 2.53. The summed E-state index contributed by atoms with van der Waals surface area (Å²) in [5.41, 5.74) is 0. The Balaban J connectivity index is 0.997. The molecule has 172 valence electrons. The van der Waals surface area contributed by atoms with Gasteiger partial charge >= 0.3 is 0 Å². The molecule has 2 aliphatic heterocycles. The summed E-state index contributed by atoms with van der Waals surface area (Å²) in [6.07, 6.45) is 25.5. The van der Waals surface area contributed by atoms with E-state index in [0.717, 1.165) is 35.5 Å². The average molecular weight is 417 g/mol. The van der Waals surface area contributed by atoms with Crippen molar-refractivity contribution in [3.8, 4) is 0 Å². The van der Waals surface area contributed by atoms with E-state index in [1.165, 1.54) is 103 Å². The zero-order valence-corrected chi connectivity index (χ0v) is 19.9. The predicted octanol–water partition coefficient (Wildman–Crippen LogP) is 7.54. The van der Waals surface area contributed by atoms with Crippen molar-refractivity contribution < 1.29 is 9.47 Å². The normalized spacial score (nSPS) is 49.0. The van der Waals surface area contributed by atoms with Crippen molar-refractivity contribution in [3.05, 3.63) is 0 Å². The molecule has 5 rings (SSSR count). The highest BCUT2D eigenvalue weighted by molar-refractivity contribution is 5.01. The maximum absolute atomic E-state index is 6.32. The number of epoxide rings is 2. The van der Waals surface area contributed by atoms with Crippen molar-refractivity contribution in [3.63, 3.8) is 0 Å². The van der Waals surface area contributed by atoms with Crippen LogP contribution in [0.25, 0.3) is 0 Å². The summed E-state index contributed by atoms with van der Waals surface area (Å²) in [7, 11) is 0. The second kappa shape index (κ2) is 9.82. The Morgan fingerprint density at radius 1 is 0.433 bits per heavy atom. The average Bonchev–Trinajstić information content (AvgIpc) is 3.69. The standard InChI is InChI=1S/C28H48O2/c1-3-5-19-7-11-21(12-8-19)25-27(29-25)23-15-17-24(18-16-23)28-26(30-28)22-13-9-20(6-4-2)10-14-22/h19-28H,3-18H2,1-2H3. The van der Waals surface area contributed by atoms with Crippen LogP contribution in [0, 0.1) is 35.5 Å². The fourth-order valence-electron chi connectivity index (χ4n) is 8.02. The smallest absolute Gasteiger partial charge is 0.0872 e. The van der Waals surface area contributed by atoms with Crippen molar-refractivity contribution in [1.29, 1.82) is 0 Å². The molecule has 0 bridgehead atoms. The largest absolute Gasteiger partial charge is 0.369 e. The molecule has 0 spiro atoms. The molecule has 0 N–H and O–H groups in total. The molecule has 0 amide bonds. The SMILES string of the molecule is CCCC1CCC(C2OC2C2CCC(C3OC3C3CCC(CCC)CC3)CC2)CC1. The van der Waals surface area contributed by atoms with E-state index in [2.05, 4.69) is 13.8 Å². The molecule has 3 saturated carbocycles. The van der Waals surface area contributed by atoms with Gasteiger partial charge in [-0.2, -0.15) is 0 Å². The highest BCUT2D eigenvalue weighted by atomic mass is 16.6. The van der Waals surface area contributed by atoms with Gasteiger partial charge in [0, 0.05) is 0 Å². The maximum Gasteiger partial charge on any atom is 0.0872 e. The van der Waals surface area contributed by atoms with E-state index >= 15 is 0 Å². The molecule has 30 heavy (non-hydrogen) atoms. The predicted molar refractivity (Wildman–Crippen MR) is 123 cm³/mol. The summed E-state index contributed by atoms with van der Waals surface area (Å²) < 4.78 is 12.6. The highest BCUT2D eigenvalue weighted by Crippen LogP contribution is 2.51. The van der Waals surface area contributed by atoms with Crippen LogP contribution in [-0.2, 0) is 9.47 Å². The van der Waals surface area contributed by atoms with Crippen molar-refractivity contribution in [2.45, 2.75) is 141 Å². The number of hydrogen-bond donors (Lipinski definition) is 0. The van der Waals surface area contributed by atoms with Crippen molar-refractivity contribution >= 4 is 0 Å². The minimum Gasteiger partial charge on any atom is -0.369 e. The van der Waals surface area contributed by atoms with Gasteiger partial charge in [0.2, 0.25) is 0 Å². The second-order valence-corrected chi connectivity index (χ2v) is 11.9. The van der Waals surface area contributed by atoms with Crippen LogP contribution in [0.5, 0.6) is 0 Å². The fourth-order valence-corrected chi connectivity index (χ4v) is 8.02. The zero-order valence-electron chi connectivity index (χ0n) is 19.9. The van der Waals surface area contributed by atoms with Crippen LogP contribution in [-0.4, -0.2) is 24.4 Å². The van der Waals surface area contributed by atoms with Gasteiger partial charge in [-0.25, -0.2) is 0 Å². The van der Waals surface area contributed by atoms with E-state index in [4.69, 9.17) is 9.47 Å². The fraction of sp³-hybridized carbons (Fsp3) is 1.00. The van der Waals surface area contributed by atoms with Crippen LogP contribution >= 0.6 is 0 Å². The monoisotopic (exact) mass is 416 g/mol. The Bertz CT molecular complexity index is 475. The molecule has 5 fully saturated rings. The molecule has 0 radical (unpaired) electrons. The van der Waals surface area contributed by atoms with Gasteiger partial charge in [0.05, 0.1) is 24.4 Å². The van der Waals surface area contributed by atoms with Gasteiger partial charge in [0.1, 0.15) is 0 Å². The Kier molecular flexibility index (Phi) is 7.12. The summed E-state index contributed by atoms with van der Waals surface area (Å²) in [5.74, 6) is 5.54. The van der Waals surface area contributed by atoms with E-state index in [1.54, 1.807) is 0 Å². The Labute approximate surface area is 186 Å². The minimum absolute atomic E-state index is 0.628. The van der Waals surface area contributed by atoms with Crippen molar-refractivity contribution in [2.24, 2.45) is 35.5 Å². The molecule has 4 unspecified atom stereocenters. The lowest BCUT2D eigenvalue weighted by molar-refractivity contribution is 0.188. The molecule has 4 atom stereocenters. The van der Waals surface area contributed by atoms with Crippen LogP contribution < -0.4 is 0 Å². The first-order valence-corrected chi connectivity index (χ1v) is 14.1. The Morgan fingerprint density at radius 3 is 0.967 bits per heavy atom. The molecule has 2 heteroatoms. The minimum atomic E-state index is 0.628. The van der Waals surface area contributed by atoms with Crippen LogP contribution in [0.15, 0.2) is 0 Å². The van der Waals surface area contributed by atoms with E-state index in [9.17, 15) is 0 Å². The van der Waals surface area contributed by atoms with Crippen LogP contribution in [0.3, 0.4) is 0 Å². The maximum atomic E-state index is 6.32. The second-order valence-electron chi connectivity index (χ2n) is 11.9. The quantitative estimate of drug-likeness (QED) is 0.382. The van der Waals surface area contributed by atoms with Crippen molar-refractivity contribution in [2.75, 3.05) is 0 Å². The molecule has 0 aromatic rings. The first-order chi connectivity index (χ1) is 14.8. The summed E-state index contributed by atoms with van der Waals surface area (Å²) in [6.45, 7) is 4.69. The third-order valence-electron chi connectivity index (χ3n) is 9.97. The lowest BCUT2D eigenvalue weighted by atomic mass is 9.73. The van der Waals surface area contributed by atoms with Gasteiger partial charge in [-0.3, -0.25) is 0 Å². The van der Waals surface area contributed by atoms with Crippen LogP contribution in [0.4, 0.5) is 0 Å². The van der Waals surface area contributed by atoms with Gasteiger partial charge in [0.15, 0.2) is 0 Å². The summed E-state index contributed by atoms with van der Waals surface area (Å²) in [5, 5.41) is 0. The van der Waals surface area contributed by atoms with Gasteiger partial charge in [0.25, 0.3) is 0 Å². The Hall–Kier alpha value is -0.0800. The number of hydrogen-bond acceptors (Lipinski definition) is 2. The number of rotatable bonds is 8. The molecule has 2 heterocycles. The molecular formula is C28H48O2. The van der Waals surface area contributed by atoms with E-state index in [0.29, 0.717) is 24.4 Å². The number of ether oxygens (including phenoxy) is 2. The van der Waals surface area contributed by atoms with Crippen LogP contribution in [0.1, 0.15) is 117 Å². The molecule has 0 aromatic carbocycles. The lowest BCUT2D eigenvalue weighted by Crippen LogP contribution is -2.27. The van der Waals surface area contributed by atoms with Gasteiger partial charge in [-0.15, -0.1) is 0 Å². The van der Waals surface area contributed by atoms with Crippen molar-refractivity contribution in [1.82, 2.24) is 0 Å². The van der Waals surface area contributed by atoms with Gasteiger partial charge < -0.3 is 9.47 Å². The van der Waals surface area contributed by atoms with E-state index < -0.39 is 0 Å². The molecule has 3 aliphatic carbocycles. The summed E-state index contributed by atoms with van der Waals surface area (Å²) in [6, 6.07) is 0. The molecular weight excluding hydrogens is 368 g/mol. The first kappa shape index (κ1) is 21.7. The third-order valence-corrected chi connectivity index (χ3v) is 9.97. The Morgan fingerprint density at radius 2 is 0.700 bits per heavy atom. The molecule has 5 aliphatic rings. The zero-order chi connectivity index (χ0) is 20.5. The molecule has 2 nitrogen and oxygen atoms in total. The van der Waals surface area contributed by atoms with E-state index in [1.807, 2.05) is 0 Å². The summed E-state index contributed by atoms with van der Waals surface area (Å²) >= 11 is 0. The molecule has 0 aromatic heterocycles. The lowest BCUT2D eigenvalue weighted by Gasteiger charge is -2.30. The summed E-state index contributed by atoms with van der Waals surface area (Å²) in [4.78, 5) is 0. The molecule has 2 saturated heterocycles. The van der Waals surface area contributed by atoms with Gasteiger partial charge in [-0.05, 0) is 86.9 Å². The topological polar surface area (TPSA) is 25.1 Å². The van der Waals surface area contributed by atoms with Gasteiger partial charge in [-0.1, -0.05) is 65.2 Å². The van der Waals surface area contributed by atoms with Crippen LogP contribution in [0.2, 0.25) is 0 Å². The third kappa shape index (κ3) is 4.95. The first-order valence-electron chi connectivity index (χ1n) is 14.1.